The van der Waals surface area contributed by atoms with Crippen molar-refractivity contribution in [2.45, 2.75) is 77.7 Å². The van der Waals surface area contributed by atoms with Gasteiger partial charge in [-0.2, -0.15) is 0 Å². The Morgan fingerprint density at radius 3 is 2.71 bits per heavy atom. The average molecular weight is 391 g/mol. The molecule has 2 aliphatic carbocycles. The number of rotatable bonds is 9. The van der Waals surface area contributed by atoms with Gasteiger partial charge in [-0.1, -0.05) is 11.6 Å². The molecule has 4 unspecified atom stereocenters. The van der Waals surface area contributed by atoms with Crippen molar-refractivity contribution in [1.29, 1.82) is 0 Å². The Morgan fingerprint density at radius 2 is 2.04 bits per heavy atom. The molecule has 0 spiro atoms. The van der Waals surface area contributed by atoms with Gasteiger partial charge in [-0.15, -0.1) is 5.10 Å². The third-order valence-corrected chi connectivity index (χ3v) is 6.90. The summed E-state index contributed by atoms with van der Waals surface area (Å²) in [4.78, 5) is 15.1. The van der Waals surface area contributed by atoms with Crippen LogP contribution in [0.1, 0.15) is 69.3 Å². The number of amides is 1. The second-order valence-electron chi connectivity index (χ2n) is 8.63. The van der Waals surface area contributed by atoms with Crippen molar-refractivity contribution in [2.24, 2.45) is 17.8 Å². The molecule has 156 valence electrons. The van der Waals surface area contributed by atoms with E-state index in [9.17, 15) is 4.79 Å². The van der Waals surface area contributed by atoms with Crippen LogP contribution in [0.15, 0.2) is 6.20 Å². The molecule has 1 amide bonds. The molecule has 1 aliphatic heterocycles. The number of aromatic nitrogens is 3. The summed E-state index contributed by atoms with van der Waals surface area (Å²) < 4.78 is 12.8. The summed E-state index contributed by atoms with van der Waals surface area (Å²) >= 11 is 0. The molecule has 1 aromatic heterocycles. The molecular weight excluding hydrogens is 356 g/mol. The Hall–Kier alpha value is -1.47. The van der Waals surface area contributed by atoms with Gasteiger partial charge in [0.25, 0.3) is 5.91 Å². The van der Waals surface area contributed by atoms with Gasteiger partial charge in [0.2, 0.25) is 0 Å². The summed E-state index contributed by atoms with van der Waals surface area (Å²) in [5, 5.41) is 8.28. The molecule has 1 saturated heterocycles. The molecule has 1 aromatic rings. The fourth-order valence-corrected chi connectivity index (χ4v) is 5.67. The maximum Gasteiger partial charge on any atom is 0.276 e. The van der Waals surface area contributed by atoms with E-state index >= 15 is 0 Å². The van der Waals surface area contributed by atoms with E-state index in [0.717, 1.165) is 37.1 Å². The van der Waals surface area contributed by atoms with E-state index < -0.39 is 0 Å². The molecular formula is C21H34N4O3. The molecule has 7 heteroatoms. The highest BCUT2D eigenvalue weighted by Gasteiger charge is 2.42. The van der Waals surface area contributed by atoms with E-state index in [-0.39, 0.29) is 12.2 Å². The number of likely N-dealkylation sites (tertiary alicyclic amines) is 1. The van der Waals surface area contributed by atoms with Crippen molar-refractivity contribution < 1.29 is 14.3 Å². The average Bonchev–Trinajstić information content (AvgIpc) is 3.47. The van der Waals surface area contributed by atoms with Gasteiger partial charge in [-0.3, -0.25) is 4.79 Å². The third-order valence-electron chi connectivity index (χ3n) is 6.90. The molecule has 2 saturated carbocycles. The van der Waals surface area contributed by atoms with Crippen LogP contribution in [-0.4, -0.2) is 57.9 Å². The third kappa shape index (κ3) is 4.25. The number of nitrogens with zero attached hydrogens (tertiary/aromatic N) is 4. The lowest BCUT2D eigenvalue weighted by Crippen LogP contribution is -2.37. The number of fused-ring (bicyclic) bond motifs is 2. The summed E-state index contributed by atoms with van der Waals surface area (Å²) in [6, 6.07) is 0.376. The van der Waals surface area contributed by atoms with Crippen molar-refractivity contribution in [3.05, 3.63) is 11.9 Å². The quantitative estimate of drug-likeness (QED) is 0.606. The van der Waals surface area contributed by atoms with Crippen molar-refractivity contribution in [3.8, 4) is 0 Å². The van der Waals surface area contributed by atoms with Crippen molar-refractivity contribution >= 4 is 5.91 Å². The first kappa shape index (κ1) is 19.8. The van der Waals surface area contributed by atoms with Crippen LogP contribution in [0.2, 0.25) is 0 Å². The second kappa shape index (κ2) is 8.91. The molecule has 28 heavy (non-hydrogen) atoms. The Bertz CT molecular complexity index is 658. The molecule has 0 aromatic carbocycles. The van der Waals surface area contributed by atoms with Gasteiger partial charge in [0.15, 0.2) is 12.0 Å². The van der Waals surface area contributed by atoms with Crippen LogP contribution in [0.5, 0.6) is 0 Å². The zero-order chi connectivity index (χ0) is 19.5. The summed E-state index contributed by atoms with van der Waals surface area (Å²) in [5.74, 6) is 2.73. The summed E-state index contributed by atoms with van der Waals surface area (Å²) in [6.45, 7) is 6.31. The smallest absolute Gasteiger partial charge is 0.276 e. The maximum atomic E-state index is 13.1. The molecule has 2 heterocycles. The van der Waals surface area contributed by atoms with Crippen molar-refractivity contribution in [3.63, 3.8) is 0 Å². The molecule has 0 N–H and O–H groups in total. The minimum Gasteiger partial charge on any atom is -0.351 e. The van der Waals surface area contributed by atoms with E-state index in [1.54, 1.807) is 10.9 Å². The Balaban J connectivity index is 1.36. The highest BCUT2D eigenvalue weighted by molar-refractivity contribution is 5.92. The minimum absolute atomic E-state index is 0.0290. The van der Waals surface area contributed by atoms with Crippen LogP contribution >= 0.6 is 0 Å². The lowest BCUT2D eigenvalue weighted by molar-refractivity contribution is -0.145. The van der Waals surface area contributed by atoms with Crippen molar-refractivity contribution in [1.82, 2.24) is 19.9 Å². The summed E-state index contributed by atoms with van der Waals surface area (Å²) in [5.41, 5.74) is 0.437. The fraction of sp³-hybridized carbons (Fsp3) is 0.857. The van der Waals surface area contributed by atoms with Gasteiger partial charge in [-0.25, -0.2) is 4.68 Å². The van der Waals surface area contributed by atoms with Gasteiger partial charge >= 0.3 is 0 Å². The van der Waals surface area contributed by atoms with E-state index in [4.69, 9.17) is 9.47 Å². The summed E-state index contributed by atoms with van der Waals surface area (Å²) in [6.07, 6.45) is 10.4. The van der Waals surface area contributed by atoms with Crippen LogP contribution in [-0.2, 0) is 16.0 Å². The van der Waals surface area contributed by atoms with E-state index in [2.05, 4.69) is 15.2 Å². The molecule has 7 nitrogen and oxygen atoms in total. The summed E-state index contributed by atoms with van der Waals surface area (Å²) in [7, 11) is 0. The number of hydrogen-bond acceptors (Lipinski definition) is 5. The van der Waals surface area contributed by atoms with Crippen LogP contribution < -0.4 is 0 Å². The number of hydrogen-bond donors (Lipinski definition) is 0. The number of carbonyl (C=O) groups is 1. The van der Waals surface area contributed by atoms with Gasteiger partial charge in [0.05, 0.1) is 12.7 Å². The molecule has 4 rings (SSSR count). The Kier molecular flexibility index (Phi) is 6.31. The van der Waals surface area contributed by atoms with E-state index in [1.165, 1.54) is 32.1 Å². The molecule has 3 aliphatic rings. The fourth-order valence-electron chi connectivity index (χ4n) is 5.67. The topological polar surface area (TPSA) is 69.5 Å². The highest BCUT2D eigenvalue weighted by atomic mass is 16.7. The SMILES string of the molecule is CCOC(Cn1cc(C(=O)N2CCCC2CC2CC3CCC2C3)nn1)OCC. The molecule has 2 bridgehead atoms. The maximum absolute atomic E-state index is 13.1. The standard InChI is InChI=1S/C21H34N4O3/c1-3-27-20(28-4-2)14-24-13-19(22-23-24)21(26)25-9-5-6-18(25)12-17-11-15-7-8-16(17)10-15/h13,15-18,20H,3-12,14H2,1-2H3. The zero-order valence-corrected chi connectivity index (χ0v) is 17.3. The Morgan fingerprint density at radius 1 is 1.21 bits per heavy atom. The Labute approximate surface area is 167 Å². The van der Waals surface area contributed by atoms with E-state index in [1.807, 2.05) is 13.8 Å². The van der Waals surface area contributed by atoms with Gasteiger partial charge in [-0.05, 0) is 70.1 Å². The zero-order valence-electron chi connectivity index (χ0n) is 17.3. The van der Waals surface area contributed by atoms with Crippen LogP contribution in [0.4, 0.5) is 0 Å². The number of carbonyl (C=O) groups excluding carboxylic acids is 1. The first-order valence-corrected chi connectivity index (χ1v) is 11.1. The van der Waals surface area contributed by atoms with Gasteiger partial charge in [0.1, 0.15) is 0 Å². The molecule has 4 atom stereocenters. The minimum atomic E-state index is -0.364. The first-order chi connectivity index (χ1) is 13.7. The van der Waals surface area contributed by atoms with E-state index in [0.29, 0.717) is 31.5 Å². The van der Waals surface area contributed by atoms with Crippen LogP contribution in [0.25, 0.3) is 0 Å². The normalized spacial score (nSPS) is 29.3. The first-order valence-electron chi connectivity index (χ1n) is 11.1. The van der Waals surface area contributed by atoms with Crippen molar-refractivity contribution in [2.75, 3.05) is 19.8 Å². The highest BCUT2D eigenvalue weighted by Crippen LogP contribution is 2.50. The predicted molar refractivity (Wildman–Crippen MR) is 105 cm³/mol. The molecule has 3 fully saturated rings. The lowest BCUT2D eigenvalue weighted by atomic mass is 9.83. The number of ether oxygens (including phenoxy) is 2. The largest absolute Gasteiger partial charge is 0.351 e. The lowest BCUT2D eigenvalue weighted by Gasteiger charge is -2.30. The second-order valence-corrected chi connectivity index (χ2v) is 8.63. The molecule has 0 radical (unpaired) electrons. The predicted octanol–water partition coefficient (Wildman–Crippen LogP) is 3.11. The van der Waals surface area contributed by atoms with Gasteiger partial charge < -0.3 is 14.4 Å². The van der Waals surface area contributed by atoms with Crippen LogP contribution in [0.3, 0.4) is 0 Å². The van der Waals surface area contributed by atoms with Crippen LogP contribution in [0, 0.1) is 17.8 Å². The van der Waals surface area contributed by atoms with Gasteiger partial charge in [0, 0.05) is 25.8 Å². The monoisotopic (exact) mass is 390 g/mol.